The second kappa shape index (κ2) is 9.61. The van der Waals surface area contributed by atoms with E-state index in [2.05, 4.69) is 0 Å². The molecule has 2 aromatic carbocycles. The number of piperazine rings is 1. The average Bonchev–Trinajstić information content (AvgIpc) is 3.03. The van der Waals surface area contributed by atoms with Crippen LogP contribution in [0.15, 0.2) is 36.4 Å². The molecule has 6 nitrogen and oxygen atoms in total. The van der Waals surface area contributed by atoms with Gasteiger partial charge in [0.1, 0.15) is 5.82 Å². The molecule has 0 atom stereocenters. The molecule has 1 amide bonds. The molecule has 2 aromatic rings. The summed E-state index contributed by atoms with van der Waals surface area (Å²) in [6, 6.07) is 8.06. The minimum Gasteiger partial charge on any atom is -0.489 e. The Kier molecular flexibility index (Phi) is 6.65. The standard InChI is InChI=1S/C24H24ClFN2O4/c1-16(29)18-4-5-21(20(26)15-18)27-7-9-28(10-8-27)23(30)6-3-17-13-19(25)24-22(14-17)31-11-2-12-32-24/h3-6,13-15H,2,7-12H2,1H3. The van der Waals surface area contributed by atoms with Gasteiger partial charge in [-0.1, -0.05) is 11.6 Å². The topological polar surface area (TPSA) is 59.1 Å². The number of carbonyl (C=O) groups is 2. The first-order valence-corrected chi connectivity index (χ1v) is 10.9. The van der Waals surface area contributed by atoms with Gasteiger partial charge in [0.25, 0.3) is 0 Å². The molecular formula is C24H24ClFN2O4. The third-order valence-corrected chi connectivity index (χ3v) is 5.81. The van der Waals surface area contributed by atoms with E-state index in [1.54, 1.807) is 29.2 Å². The van der Waals surface area contributed by atoms with Crippen molar-refractivity contribution < 1.29 is 23.5 Å². The maximum Gasteiger partial charge on any atom is 0.246 e. The SMILES string of the molecule is CC(=O)c1ccc(N2CCN(C(=O)C=Cc3cc(Cl)c4c(c3)OCCCO4)CC2)c(F)c1. The van der Waals surface area contributed by atoms with Gasteiger partial charge in [-0.25, -0.2) is 4.39 Å². The van der Waals surface area contributed by atoms with Gasteiger partial charge in [-0.3, -0.25) is 9.59 Å². The van der Waals surface area contributed by atoms with Crippen LogP contribution < -0.4 is 14.4 Å². The summed E-state index contributed by atoms with van der Waals surface area (Å²) in [6.45, 7) is 4.47. The number of fused-ring (bicyclic) bond motifs is 1. The number of ether oxygens (including phenoxy) is 2. The number of hydrogen-bond donors (Lipinski definition) is 0. The molecule has 0 radical (unpaired) electrons. The molecule has 32 heavy (non-hydrogen) atoms. The van der Waals surface area contributed by atoms with Gasteiger partial charge in [-0.2, -0.15) is 0 Å². The summed E-state index contributed by atoms with van der Waals surface area (Å²) in [4.78, 5) is 27.7. The zero-order valence-electron chi connectivity index (χ0n) is 17.8. The van der Waals surface area contributed by atoms with E-state index in [1.165, 1.54) is 19.1 Å². The van der Waals surface area contributed by atoms with Crippen LogP contribution >= 0.6 is 11.6 Å². The molecule has 0 saturated carbocycles. The van der Waals surface area contributed by atoms with Crippen molar-refractivity contribution in [2.75, 3.05) is 44.3 Å². The lowest BCUT2D eigenvalue weighted by Crippen LogP contribution is -2.48. The van der Waals surface area contributed by atoms with E-state index in [0.717, 1.165) is 12.0 Å². The lowest BCUT2D eigenvalue weighted by molar-refractivity contribution is -0.126. The molecule has 0 aromatic heterocycles. The number of amides is 1. The second-order valence-corrected chi connectivity index (χ2v) is 8.16. The van der Waals surface area contributed by atoms with Crippen LogP contribution in [0.3, 0.4) is 0 Å². The molecule has 1 saturated heterocycles. The van der Waals surface area contributed by atoms with Crippen molar-refractivity contribution in [1.29, 1.82) is 0 Å². The molecule has 0 bridgehead atoms. The third kappa shape index (κ3) is 4.88. The van der Waals surface area contributed by atoms with Gasteiger partial charge in [0, 0.05) is 44.2 Å². The number of carbonyl (C=O) groups excluding carboxylic acids is 2. The van der Waals surface area contributed by atoms with Crippen LogP contribution in [-0.2, 0) is 4.79 Å². The fourth-order valence-electron chi connectivity index (χ4n) is 3.77. The number of ketones is 1. The Hall–Kier alpha value is -3.06. The fraction of sp³-hybridized carbons (Fsp3) is 0.333. The molecule has 0 N–H and O–H groups in total. The Morgan fingerprint density at radius 1 is 1.06 bits per heavy atom. The number of halogens is 2. The van der Waals surface area contributed by atoms with Crippen LogP contribution in [0.1, 0.15) is 29.3 Å². The summed E-state index contributed by atoms with van der Waals surface area (Å²) >= 11 is 6.31. The Bertz CT molecular complexity index is 1060. The number of rotatable bonds is 4. The van der Waals surface area contributed by atoms with Crippen LogP contribution in [0.4, 0.5) is 10.1 Å². The lowest BCUT2D eigenvalue weighted by Gasteiger charge is -2.35. The second-order valence-electron chi connectivity index (χ2n) is 7.75. The quantitative estimate of drug-likeness (QED) is 0.507. The van der Waals surface area contributed by atoms with Crippen LogP contribution in [0.2, 0.25) is 5.02 Å². The first-order chi connectivity index (χ1) is 15.4. The van der Waals surface area contributed by atoms with Gasteiger partial charge in [-0.15, -0.1) is 0 Å². The highest BCUT2D eigenvalue weighted by Gasteiger charge is 2.22. The Morgan fingerprint density at radius 2 is 1.81 bits per heavy atom. The largest absolute Gasteiger partial charge is 0.489 e. The highest BCUT2D eigenvalue weighted by Crippen LogP contribution is 2.38. The van der Waals surface area contributed by atoms with Crippen molar-refractivity contribution in [3.05, 3.63) is 58.4 Å². The minimum atomic E-state index is -0.427. The molecule has 0 aliphatic carbocycles. The first-order valence-electron chi connectivity index (χ1n) is 10.5. The number of hydrogen-bond acceptors (Lipinski definition) is 5. The van der Waals surface area contributed by atoms with Gasteiger partial charge < -0.3 is 19.3 Å². The van der Waals surface area contributed by atoms with Gasteiger partial charge >= 0.3 is 0 Å². The molecule has 1 fully saturated rings. The molecule has 168 valence electrons. The van der Waals surface area contributed by atoms with Crippen molar-refractivity contribution in [3.63, 3.8) is 0 Å². The van der Waals surface area contributed by atoms with E-state index in [0.29, 0.717) is 67.2 Å². The zero-order chi connectivity index (χ0) is 22.7. The average molecular weight is 459 g/mol. The zero-order valence-corrected chi connectivity index (χ0v) is 18.5. The summed E-state index contributed by atoms with van der Waals surface area (Å²) in [5.41, 5.74) is 1.54. The molecule has 4 rings (SSSR count). The van der Waals surface area contributed by atoms with Gasteiger partial charge in [-0.05, 0) is 48.9 Å². The minimum absolute atomic E-state index is 0.125. The van der Waals surface area contributed by atoms with Crippen LogP contribution in [0.5, 0.6) is 11.5 Å². The van der Waals surface area contributed by atoms with Gasteiger partial charge in [0.15, 0.2) is 17.3 Å². The summed E-state index contributed by atoms with van der Waals surface area (Å²) < 4.78 is 25.7. The summed E-state index contributed by atoms with van der Waals surface area (Å²) in [6.07, 6.45) is 3.99. The predicted molar refractivity (Wildman–Crippen MR) is 121 cm³/mol. The number of benzene rings is 2. The van der Waals surface area contributed by atoms with Crippen LogP contribution in [0.25, 0.3) is 6.08 Å². The lowest BCUT2D eigenvalue weighted by atomic mass is 10.1. The monoisotopic (exact) mass is 458 g/mol. The highest BCUT2D eigenvalue weighted by molar-refractivity contribution is 6.32. The fourth-order valence-corrected chi connectivity index (χ4v) is 4.04. The predicted octanol–water partition coefficient (Wildman–Crippen LogP) is 4.21. The van der Waals surface area contributed by atoms with Crippen molar-refractivity contribution in [2.24, 2.45) is 0 Å². The van der Waals surface area contributed by atoms with Crippen LogP contribution in [0, 0.1) is 5.82 Å². The van der Waals surface area contributed by atoms with Gasteiger partial charge in [0.05, 0.1) is 23.9 Å². The van der Waals surface area contributed by atoms with E-state index in [9.17, 15) is 14.0 Å². The maximum absolute atomic E-state index is 14.4. The van der Waals surface area contributed by atoms with E-state index in [-0.39, 0.29) is 11.7 Å². The molecular weight excluding hydrogens is 435 g/mol. The molecule has 2 aliphatic heterocycles. The van der Waals surface area contributed by atoms with Crippen molar-refractivity contribution in [2.45, 2.75) is 13.3 Å². The Morgan fingerprint density at radius 3 is 2.53 bits per heavy atom. The molecule has 0 spiro atoms. The number of Topliss-reactive ketones (excluding diaryl/α,β-unsaturated/α-hetero) is 1. The van der Waals surface area contributed by atoms with E-state index in [4.69, 9.17) is 21.1 Å². The smallest absolute Gasteiger partial charge is 0.246 e. The van der Waals surface area contributed by atoms with Crippen LogP contribution in [-0.4, -0.2) is 56.0 Å². The van der Waals surface area contributed by atoms with E-state index in [1.807, 2.05) is 11.0 Å². The van der Waals surface area contributed by atoms with Crippen molar-refractivity contribution in [3.8, 4) is 11.5 Å². The molecule has 0 unspecified atom stereocenters. The number of anilines is 1. The molecule has 2 aliphatic rings. The summed E-state index contributed by atoms with van der Waals surface area (Å²) in [5, 5.41) is 0.447. The Labute approximate surface area is 191 Å². The third-order valence-electron chi connectivity index (χ3n) is 5.53. The summed E-state index contributed by atoms with van der Waals surface area (Å²) in [7, 11) is 0. The van der Waals surface area contributed by atoms with Crippen molar-refractivity contribution >= 4 is 35.1 Å². The Balaban J connectivity index is 1.38. The van der Waals surface area contributed by atoms with E-state index >= 15 is 0 Å². The normalized spacial score (nSPS) is 16.2. The first kappa shape index (κ1) is 22.1. The maximum atomic E-state index is 14.4. The molecule has 8 heteroatoms. The molecule has 2 heterocycles. The van der Waals surface area contributed by atoms with Gasteiger partial charge in [0.2, 0.25) is 5.91 Å². The van der Waals surface area contributed by atoms with E-state index < -0.39 is 5.82 Å². The van der Waals surface area contributed by atoms with Crippen molar-refractivity contribution in [1.82, 2.24) is 4.90 Å². The summed E-state index contributed by atoms with van der Waals surface area (Å²) in [5.74, 6) is 0.386. The number of nitrogens with zero attached hydrogens (tertiary/aromatic N) is 2. The highest BCUT2D eigenvalue weighted by atomic mass is 35.5.